The van der Waals surface area contributed by atoms with Crippen molar-refractivity contribution in [2.45, 2.75) is 20.8 Å². The zero-order chi connectivity index (χ0) is 13.2. The number of hydrogen-bond acceptors (Lipinski definition) is 4. The molecule has 0 radical (unpaired) electrons. The number of halogens is 1. The van der Waals surface area contributed by atoms with Crippen molar-refractivity contribution in [1.29, 1.82) is 0 Å². The molecular weight excluding hydrogens is 375 g/mol. The van der Waals surface area contributed by atoms with Crippen molar-refractivity contribution < 1.29 is 18.1 Å². The van der Waals surface area contributed by atoms with Crippen molar-refractivity contribution in [3.63, 3.8) is 0 Å². The Labute approximate surface area is 117 Å². The Hall–Kier alpha value is 1.23. The molecule has 1 saturated heterocycles. The van der Waals surface area contributed by atoms with Gasteiger partial charge in [-0.05, 0) is 0 Å². The fraction of sp³-hybridized carbons (Fsp3) is 1.00. The van der Waals surface area contributed by atoms with Gasteiger partial charge in [-0.3, -0.25) is 0 Å². The van der Waals surface area contributed by atoms with Crippen LogP contribution in [0.1, 0.15) is 20.8 Å². The standard InChI is InChI=1S/C9H22INO4P2/c1-5-13-16(12)9-8-11(16)17(4,10,14-6-2)15-7-3/h5-9H2,1-4H3. The van der Waals surface area contributed by atoms with Crippen molar-refractivity contribution in [3.8, 4) is 0 Å². The van der Waals surface area contributed by atoms with E-state index in [0.29, 0.717) is 32.5 Å². The van der Waals surface area contributed by atoms with Crippen LogP contribution in [0, 0.1) is 0 Å². The fourth-order valence-corrected chi connectivity index (χ4v) is 13.6. The molecule has 0 bridgehead atoms. The van der Waals surface area contributed by atoms with E-state index >= 15 is 0 Å². The third-order valence-electron chi connectivity index (χ3n) is 2.61. The van der Waals surface area contributed by atoms with Crippen LogP contribution in [0.4, 0.5) is 0 Å². The second-order valence-electron chi connectivity index (χ2n) is 3.90. The summed E-state index contributed by atoms with van der Waals surface area (Å²) < 4.78 is 31.6. The van der Waals surface area contributed by atoms with E-state index in [2.05, 4.69) is 22.0 Å². The molecule has 0 aromatic rings. The Bertz CT molecular complexity index is 316. The minimum absolute atomic E-state index is 0.454. The Morgan fingerprint density at radius 2 is 1.76 bits per heavy atom. The minimum atomic E-state index is -3.00. The average molecular weight is 397 g/mol. The molecule has 8 heteroatoms. The van der Waals surface area contributed by atoms with Crippen LogP contribution in [-0.2, 0) is 18.1 Å². The first-order chi connectivity index (χ1) is 7.81. The summed E-state index contributed by atoms with van der Waals surface area (Å²) in [5.74, 6) is 0. The van der Waals surface area contributed by atoms with Gasteiger partial charge in [0.05, 0.1) is 0 Å². The topological polar surface area (TPSA) is 48.0 Å². The number of hydrogen-bond donors (Lipinski definition) is 0. The Morgan fingerprint density at radius 1 is 1.24 bits per heavy atom. The van der Waals surface area contributed by atoms with E-state index in [1.807, 2.05) is 31.9 Å². The van der Waals surface area contributed by atoms with Crippen LogP contribution >= 0.6 is 34.4 Å². The van der Waals surface area contributed by atoms with Gasteiger partial charge in [0, 0.05) is 0 Å². The molecule has 1 aliphatic heterocycles. The first-order valence-electron chi connectivity index (χ1n) is 5.87. The van der Waals surface area contributed by atoms with Crippen LogP contribution in [0.2, 0.25) is 0 Å². The van der Waals surface area contributed by atoms with E-state index in [1.165, 1.54) is 0 Å². The summed E-state index contributed by atoms with van der Waals surface area (Å²) in [6.07, 6.45) is 0.593. The van der Waals surface area contributed by atoms with Crippen molar-refractivity contribution >= 4 is 34.4 Å². The van der Waals surface area contributed by atoms with Gasteiger partial charge in [-0.25, -0.2) is 0 Å². The third-order valence-corrected chi connectivity index (χ3v) is 14.1. The molecule has 0 N–H and O–H groups in total. The van der Waals surface area contributed by atoms with Gasteiger partial charge in [-0.15, -0.1) is 0 Å². The van der Waals surface area contributed by atoms with Gasteiger partial charge in [-0.2, -0.15) is 0 Å². The molecule has 0 spiro atoms. The molecule has 5 nitrogen and oxygen atoms in total. The quantitative estimate of drug-likeness (QED) is 0.482. The third kappa shape index (κ3) is 3.22. The van der Waals surface area contributed by atoms with Gasteiger partial charge in [0.25, 0.3) is 0 Å². The van der Waals surface area contributed by atoms with Crippen LogP contribution < -0.4 is 0 Å². The maximum absolute atomic E-state index is 12.6. The monoisotopic (exact) mass is 397 g/mol. The second kappa shape index (κ2) is 5.70. The fourth-order valence-electron chi connectivity index (χ4n) is 1.95. The summed E-state index contributed by atoms with van der Waals surface area (Å²) in [7, 11) is -2.72. The van der Waals surface area contributed by atoms with Gasteiger partial charge in [0.1, 0.15) is 0 Å². The van der Waals surface area contributed by atoms with Gasteiger partial charge in [-0.1, -0.05) is 0 Å². The molecule has 0 amide bonds. The van der Waals surface area contributed by atoms with Crippen molar-refractivity contribution in [2.24, 2.45) is 0 Å². The van der Waals surface area contributed by atoms with Crippen LogP contribution in [0.25, 0.3) is 0 Å². The molecule has 0 aromatic heterocycles. The molecule has 17 heavy (non-hydrogen) atoms. The normalized spacial score (nSPS) is 28.4. The zero-order valence-corrected chi connectivity index (χ0v) is 14.8. The van der Waals surface area contributed by atoms with Crippen LogP contribution in [0.3, 0.4) is 0 Å². The SMILES string of the molecule is CCOP1(=O)CCN1P(C)(I)(OCC)OCC. The number of rotatable bonds is 7. The van der Waals surface area contributed by atoms with Gasteiger partial charge < -0.3 is 0 Å². The molecule has 1 heterocycles. The molecule has 0 saturated carbocycles. The van der Waals surface area contributed by atoms with Crippen LogP contribution in [0.15, 0.2) is 0 Å². The van der Waals surface area contributed by atoms with E-state index in [0.717, 1.165) is 0 Å². The summed E-state index contributed by atoms with van der Waals surface area (Å²) in [6.45, 7) is 9.89. The summed E-state index contributed by atoms with van der Waals surface area (Å²) in [4.78, 5) is -3.00. The molecule has 1 fully saturated rings. The zero-order valence-electron chi connectivity index (χ0n) is 10.9. The van der Waals surface area contributed by atoms with Crippen molar-refractivity contribution in [3.05, 3.63) is 0 Å². The van der Waals surface area contributed by atoms with E-state index in [4.69, 9.17) is 13.6 Å². The van der Waals surface area contributed by atoms with Crippen molar-refractivity contribution in [2.75, 3.05) is 39.2 Å². The van der Waals surface area contributed by atoms with Gasteiger partial charge in [0.15, 0.2) is 0 Å². The Kier molecular flexibility index (Phi) is 5.46. The molecule has 1 unspecified atom stereocenters. The summed E-state index contributed by atoms with van der Waals surface area (Å²) >= 11 is 2.21. The van der Waals surface area contributed by atoms with Crippen molar-refractivity contribution in [1.82, 2.24) is 4.44 Å². The van der Waals surface area contributed by atoms with Crippen LogP contribution in [0.5, 0.6) is 0 Å². The summed E-state index contributed by atoms with van der Waals surface area (Å²) in [5, 5.41) is 0. The second-order valence-corrected chi connectivity index (χ2v) is 16.6. The molecule has 0 aromatic carbocycles. The van der Waals surface area contributed by atoms with E-state index in [1.54, 1.807) is 0 Å². The maximum atomic E-state index is 12.6. The predicted molar refractivity (Wildman–Crippen MR) is 80.9 cm³/mol. The molecule has 1 rings (SSSR count). The van der Waals surface area contributed by atoms with Gasteiger partial charge in [0.2, 0.25) is 0 Å². The molecule has 1 atom stereocenters. The average Bonchev–Trinajstić information content (AvgIpc) is 2.15. The molecule has 1 aliphatic rings. The van der Waals surface area contributed by atoms with E-state index < -0.39 is 12.4 Å². The first kappa shape index (κ1) is 16.3. The Morgan fingerprint density at radius 3 is 2.06 bits per heavy atom. The molecule has 104 valence electrons. The summed E-state index contributed by atoms with van der Waals surface area (Å²) in [5.41, 5.74) is 0. The van der Waals surface area contributed by atoms with E-state index in [-0.39, 0.29) is 0 Å². The number of nitrogens with zero attached hydrogens (tertiary/aromatic N) is 1. The predicted octanol–water partition coefficient (Wildman–Crippen LogP) is 3.88. The van der Waals surface area contributed by atoms with E-state index in [9.17, 15) is 4.57 Å². The first-order valence-corrected chi connectivity index (χ1v) is 12.9. The molecule has 0 aliphatic carbocycles. The summed E-state index contributed by atoms with van der Waals surface area (Å²) in [6, 6.07) is 0. The van der Waals surface area contributed by atoms with Gasteiger partial charge >= 0.3 is 117 Å². The Balaban J connectivity index is 2.96. The van der Waals surface area contributed by atoms with Crippen LogP contribution in [-0.4, -0.2) is 43.6 Å². The molecular formula is C9H22INO4P2.